The molecule has 1 aromatic carbocycles. The van der Waals surface area contributed by atoms with Crippen molar-refractivity contribution in [3.8, 4) is 0 Å². The van der Waals surface area contributed by atoms with Gasteiger partial charge in [-0.05, 0) is 18.6 Å². The van der Waals surface area contributed by atoms with Crippen LogP contribution in [0.1, 0.15) is 15.9 Å². The highest BCUT2D eigenvalue weighted by Crippen LogP contribution is 2.09. The molecule has 0 bridgehead atoms. The monoisotopic (exact) mass is 180 g/mol. The van der Waals surface area contributed by atoms with Gasteiger partial charge in [0.25, 0.3) is 0 Å². The Labute approximate surface area is 75.3 Å². The van der Waals surface area contributed by atoms with Crippen molar-refractivity contribution < 1.29 is 14.3 Å². The maximum atomic E-state index is 12.9. The van der Waals surface area contributed by atoms with Crippen LogP contribution in [0.5, 0.6) is 0 Å². The number of ketones is 1. The second-order valence-corrected chi connectivity index (χ2v) is 2.64. The van der Waals surface area contributed by atoms with Crippen molar-refractivity contribution in [1.29, 1.82) is 0 Å². The Morgan fingerprint density at radius 2 is 2.23 bits per heavy atom. The lowest BCUT2D eigenvalue weighted by molar-refractivity contribution is 0.104. The van der Waals surface area contributed by atoms with Crippen LogP contribution in [0.3, 0.4) is 0 Å². The molecule has 0 unspecified atom stereocenters. The van der Waals surface area contributed by atoms with E-state index in [1.807, 2.05) is 0 Å². The predicted octanol–water partition coefficient (Wildman–Crippen LogP) is 2.39. The predicted molar refractivity (Wildman–Crippen MR) is 47.2 cm³/mol. The molecule has 0 atom stereocenters. The van der Waals surface area contributed by atoms with Gasteiger partial charge in [-0.3, -0.25) is 4.79 Å². The molecule has 0 aromatic heterocycles. The van der Waals surface area contributed by atoms with Gasteiger partial charge >= 0.3 is 0 Å². The van der Waals surface area contributed by atoms with Crippen LogP contribution in [0.2, 0.25) is 0 Å². The molecule has 2 nitrogen and oxygen atoms in total. The zero-order valence-electron chi connectivity index (χ0n) is 7.12. The number of carbonyl (C=O) groups excluding carboxylic acids is 1. The molecule has 3 heteroatoms. The highest BCUT2D eigenvalue weighted by molar-refractivity contribution is 6.04. The number of benzene rings is 1. The fourth-order valence-electron chi connectivity index (χ4n) is 0.910. The second-order valence-electron chi connectivity index (χ2n) is 2.64. The summed E-state index contributed by atoms with van der Waals surface area (Å²) in [5, 5.41) is 8.33. The summed E-state index contributed by atoms with van der Waals surface area (Å²) in [6, 6.07) is 4.19. The van der Waals surface area contributed by atoms with Crippen molar-refractivity contribution in [3.63, 3.8) is 0 Å². The summed E-state index contributed by atoms with van der Waals surface area (Å²) < 4.78 is 12.9. The fraction of sp³-hybridized carbons (Fsp3) is 0.100. The molecule has 1 aromatic rings. The quantitative estimate of drug-likeness (QED) is 0.431. The zero-order chi connectivity index (χ0) is 9.84. The van der Waals surface area contributed by atoms with E-state index in [0.717, 1.165) is 12.1 Å². The Hall–Kier alpha value is -1.64. The average molecular weight is 180 g/mol. The minimum absolute atomic E-state index is 0.230. The minimum Gasteiger partial charge on any atom is -0.515 e. The lowest BCUT2D eigenvalue weighted by Gasteiger charge is -1.98. The molecule has 1 N–H and O–H groups in total. The third-order valence-corrected chi connectivity index (χ3v) is 1.68. The summed E-state index contributed by atoms with van der Waals surface area (Å²) >= 11 is 0. The summed E-state index contributed by atoms with van der Waals surface area (Å²) in [7, 11) is 0. The molecule has 0 saturated carbocycles. The lowest BCUT2D eigenvalue weighted by Crippen LogP contribution is -1.96. The van der Waals surface area contributed by atoms with E-state index in [-0.39, 0.29) is 5.56 Å². The van der Waals surface area contributed by atoms with Gasteiger partial charge in [-0.2, -0.15) is 0 Å². The first kappa shape index (κ1) is 9.45. The van der Waals surface area contributed by atoms with Crippen LogP contribution < -0.4 is 0 Å². The van der Waals surface area contributed by atoms with E-state index < -0.39 is 11.6 Å². The Morgan fingerprint density at radius 3 is 2.77 bits per heavy atom. The van der Waals surface area contributed by atoms with Crippen molar-refractivity contribution in [1.82, 2.24) is 0 Å². The van der Waals surface area contributed by atoms with E-state index in [9.17, 15) is 9.18 Å². The number of aliphatic hydroxyl groups excluding tert-OH is 1. The first-order valence-electron chi connectivity index (χ1n) is 3.76. The molecule has 0 radical (unpaired) electrons. The Balaban J connectivity index is 3.04. The summed E-state index contributed by atoms with van der Waals surface area (Å²) in [6.45, 7) is 1.62. The standard InChI is InChI=1S/C10H9FO2/c1-7-2-3-8(6-9(7)11)10(13)4-5-12/h2-6,12H,1H3. The SMILES string of the molecule is Cc1ccc(C(=O)C=CO)cc1F. The van der Waals surface area contributed by atoms with Crippen molar-refractivity contribution in [2.75, 3.05) is 0 Å². The molecule has 13 heavy (non-hydrogen) atoms. The van der Waals surface area contributed by atoms with E-state index in [2.05, 4.69) is 0 Å². The second kappa shape index (κ2) is 3.85. The molecule has 0 fully saturated rings. The first-order chi connectivity index (χ1) is 6.15. The van der Waals surface area contributed by atoms with Crippen LogP contribution in [-0.2, 0) is 0 Å². The van der Waals surface area contributed by atoms with Gasteiger partial charge in [0.2, 0.25) is 0 Å². The summed E-state index contributed by atoms with van der Waals surface area (Å²) in [5.74, 6) is -0.835. The molecular formula is C10H9FO2. The van der Waals surface area contributed by atoms with Crippen LogP contribution in [0, 0.1) is 12.7 Å². The molecule has 0 heterocycles. The Kier molecular flexibility index (Phi) is 2.80. The normalized spacial score (nSPS) is 10.6. The summed E-state index contributed by atoms with van der Waals surface area (Å²) in [4.78, 5) is 11.1. The van der Waals surface area contributed by atoms with Crippen molar-refractivity contribution in [2.45, 2.75) is 6.92 Å². The fourth-order valence-corrected chi connectivity index (χ4v) is 0.910. The van der Waals surface area contributed by atoms with E-state index in [1.54, 1.807) is 6.92 Å². The lowest BCUT2D eigenvalue weighted by atomic mass is 10.1. The number of aryl methyl sites for hydroxylation is 1. The molecular weight excluding hydrogens is 171 g/mol. The zero-order valence-corrected chi connectivity index (χ0v) is 7.12. The van der Waals surface area contributed by atoms with Crippen LogP contribution in [-0.4, -0.2) is 10.9 Å². The van der Waals surface area contributed by atoms with E-state index >= 15 is 0 Å². The largest absolute Gasteiger partial charge is 0.515 e. The molecule has 0 amide bonds. The first-order valence-corrected chi connectivity index (χ1v) is 3.76. The van der Waals surface area contributed by atoms with Gasteiger partial charge < -0.3 is 5.11 Å². The molecule has 0 aliphatic heterocycles. The molecule has 68 valence electrons. The van der Waals surface area contributed by atoms with Gasteiger partial charge in [-0.25, -0.2) is 4.39 Å². The van der Waals surface area contributed by atoms with Gasteiger partial charge in [0.15, 0.2) is 5.78 Å². The maximum Gasteiger partial charge on any atom is 0.188 e. The molecule has 1 rings (SSSR count). The molecule has 0 aliphatic rings. The summed E-state index contributed by atoms with van der Waals surface area (Å²) in [6.07, 6.45) is 1.62. The maximum absolute atomic E-state index is 12.9. The van der Waals surface area contributed by atoms with Gasteiger partial charge in [0.05, 0.1) is 6.26 Å². The number of halogens is 1. The van der Waals surface area contributed by atoms with E-state index in [4.69, 9.17) is 5.11 Å². The highest BCUT2D eigenvalue weighted by atomic mass is 19.1. The Bertz CT molecular complexity index is 356. The van der Waals surface area contributed by atoms with Crippen molar-refractivity contribution in [3.05, 3.63) is 47.5 Å². The van der Waals surface area contributed by atoms with Gasteiger partial charge in [-0.15, -0.1) is 0 Å². The van der Waals surface area contributed by atoms with E-state index in [0.29, 0.717) is 11.8 Å². The van der Waals surface area contributed by atoms with Crippen LogP contribution in [0.25, 0.3) is 0 Å². The van der Waals surface area contributed by atoms with Crippen molar-refractivity contribution >= 4 is 5.78 Å². The number of carbonyl (C=O) groups is 1. The highest BCUT2D eigenvalue weighted by Gasteiger charge is 2.04. The number of rotatable bonds is 2. The molecule has 0 saturated heterocycles. The Morgan fingerprint density at radius 1 is 1.54 bits per heavy atom. The van der Waals surface area contributed by atoms with Gasteiger partial charge in [-0.1, -0.05) is 12.1 Å². The third kappa shape index (κ3) is 2.15. The van der Waals surface area contributed by atoms with E-state index in [1.165, 1.54) is 12.1 Å². The smallest absolute Gasteiger partial charge is 0.188 e. The van der Waals surface area contributed by atoms with Crippen molar-refractivity contribution in [2.24, 2.45) is 0 Å². The third-order valence-electron chi connectivity index (χ3n) is 1.68. The topological polar surface area (TPSA) is 37.3 Å². The molecule has 0 aliphatic carbocycles. The number of aliphatic hydroxyl groups is 1. The molecule has 0 spiro atoms. The summed E-state index contributed by atoms with van der Waals surface area (Å²) in [5.41, 5.74) is 0.720. The number of hydrogen-bond donors (Lipinski definition) is 1. The van der Waals surface area contributed by atoms with Crippen LogP contribution in [0.15, 0.2) is 30.5 Å². The van der Waals surface area contributed by atoms with Crippen LogP contribution in [0.4, 0.5) is 4.39 Å². The van der Waals surface area contributed by atoms with Crippen LogP contribution >= 0.6 is 0 Å². The number of hydrogen-bond acceptors (Lipinski definition) is 2. The van der Waals surface area contributed by atoms with Gasteiger partial charge in [0.1, 0.15) is 5.82 Å². The minimum atomic E-state index is -0.419. The van der Waals surface area contributed by atoms with Gasteiger partial charge in [0, 0.05) is 11.6 Å². The average Bonchev–Trinajstić information content (AvgIpc) is 2.10. The number of allylic oxidation sites excluding steroid dienone is 1.